The summed E-state index contributed by atoms with van der Waals surface area (Å²) >= 11 is 2.10. The molecule has 1 aliphatic heterocycles. The lowest BCUT2D eigenvalue weighted by atomic mass is 9.87. The Balaban J connectivity index is 2.53. The van der Waals surface area contributed by atoms with Gasteiger partial charge in [0.05, 0.1) is 0 Å². The molecule has 0 amide bonds. The van der Waals surface area contributed by atoms with Gasteiger partial charge in [0.15, 0.2) is 0 Å². The summed E-state index contributed by atoms with van der Waals surface area (Å²) in [6, 6.07) is 0. The third-order valence-corrected chi connectivity index (χ3v) is 4.06. The zero-order valence-corrected chi connectivity index (χ0v) is 7.71. The Hall–Kier alpha value is 0.0900. The van der Waals surface area contributed by atoms with Crippen LogP contribution in [0.2, 0.25) is 0 Å². The summed E-state index contributed by atoms with van der Waals surface area (Å²) in [6.45, 7) is 8.43. The van der Waals surface area contributed by atoms with Crippen molar-refractivity contribution in [1.29, 1.82) is 0 Å². The summed E-state index contributed by atoms with van der Waals surface area (Å²) in [7, 11) is 0. The normalized spacial score (nSPS) is 26.8. The van der Waals surface area contributed by atoms with Crippen LogP contribution in [0.4, 0.5) is 0 Å². The van der Waals surface area contributed by atoms with Crippen LogP contribution >= 0.6 is 11.8 Å². The van der Waals surface area contributed by atoms with Gasteiger partial charge < -0.3 is 0 Å². The number of rotatable bonds is 2. The minimum atomic E-state index is 0.348. The smallest absolute Gasteiger partial charge is 0.0133 e. The molecule has 1 fully saturated rings. The standard InChI is InChI=1S/C9H16S/c1-4-9(2,3)8-6-5-7-10-8/h4,8H,1,5-7H2,2-3H3. The van der Waals surface area contributed by atoms with E-state index in [-0.39, 0.29) is 0 Å². The van der Waals surface area contributed by atoms with E-state index in [4.69, 9.17) is 0 Å². The quantitative estimate of drug-likeness (QED) is 0.554. The van der Waals surface area contributed by atoms with Crippen LogP contribution in [-0.4, -0.2) is 11.0 Å². The fourth-order valence-corrected chi connectivity index (χ4v) is 2.77. The molecule has 10 heavy (non-hydrogen) atoms. The Labute approximate surface area is 68.1 Å². The molecule has 0 bridgehead atoms. The minimum absolute atomic E-state index is 0.348. The number of allylic oxidation sites excluding steroid dienone is 1. The molecular weight excluding hydrogens is 140 g/mol. The fourth-order valence-electron chi connectivity index (χ4n) is 1.30. The first kappa shape index (κ1) is 8.19. The second-order valence-electron chi connectivity index (χ2n) is 3.53. The van der Waals surface area contributed by atoms with Crippen molar-refractivity contribution in [3.05, 3.63) is 12.7 Å². The second-order valence-corrected chi connectivity index (χ2v) is 4.84. The molecule has 1 rings (SSSR count). The highest BCUT2D eigenvalue weighted by Gasteiger charge is 2.29. The predicted molar refractivity (Wildman–Crippen MR) is 49.5 cm³/mol. The minimum Gasteiger partial charge on any atom is -0.158 e. The molecule has 1 heteroatoms. The van der Waals surface area contributed by atoms with Crippen LogP contribution in [-0.2, 0) is 0 Å². The van der Waals surface area contributed by atoms with Crippen molar-refractivity contribution in [1.82, 2.24) is 0 Å². The van der Waals surface area contributed by atoms with Gasteiger partial charge in [0.2, 0.25) is 0 Å². The average Bonchev–Trinajstić information content (AvgIpc) is 2.38. The van der Waals surface area contributed by atoms with Gasteiger partial charge in [-0.2, -0.15) is 11.8 Å². The van der Waals surface area contributed by atoms with Crippen molar-refractivity contribution in [2.45, 2.75) is 31.9 Å². The maximum Gasteiger partial charge on any atom is 0.0133 e. The number of hydrogen-bond donors (Lipinski definition) is 0. The van der Waals surface area contributed by atoms with Crippen LogP contribution in [0.1, 0.15) is 26.7 Å². The van der Waals surface area contributed by atoms with Crippen LogP contribution in [0, 0.1) is 5.41 Å². The van der Waals surface area contributed by atoms with Gasteiger partial charge in [-0.1, -0.05) is 19.9 Å². The van der Waals surface area contributed by atoms with Crippen molar-refractivity contribution < 1.29 is 0 Å². The molecule has 0 aromatic rings. The molecule has 1 unspecified atom stereocenters. The van der Waals surface area contributed by atoms with E-state index in [1.54, 1.807) is 0 Å². The third kappa shape index (κ3) is 1.57. The fraction of sp³-hybridized carbons (Fsp3) is 0.778. The summed E-state index contributed by atoms with van der Waals surface area (Å²) < 4.78 is 0. The Bertz CT molecular complexity index is 121. The SMILES string of the molecule is C=CC(C)(C)C1CCCS1. The van der Waals surface area contributed by atoms with Gasteiger partial charge >= 0.3 is 0 Å². The maximum atomic E-state index is 3.86. The van der Waals surface area contributed by atoms with E-state index in [2.05, 4.69) is 38.3 Å². The van der Waals surface area contributed by atoms with E-state index in [1.165, 1.54) is 18.6 Å². The molecule has 0 saturated carbocycles. The maximum absolute atomic E-state index is 3.86. The Morgan fingerprint density at radius 3 is 2.70 bits per heavy atom. The molecule has 0 aromatic carbocycles. The summed E-state index contributed by atoms with van der Waals surface area (Å²) in [5, 5.41) is 0.824. The molecule has 0 spiro atoms. The predicted octanol–water partition coefficient (Wildman–Crippen LogP) is 3.09. The summed E-state index contributed by atoms with van der Waals surface area (Å²) in [5.74, 6) is 1.35. The van der Waals surface area contributed by atoms with E-state index in [0.717, 1.165) is 5.25 Å². The lowest BCUT2D eigenvalue weighted by Crippen LogP contribution is -2.21. The van der Waals surface area contributed by atoms with E-state index in [9.17, 15) is 0 Å². The van der Waals surface area contributed by atoms with Gasteiger partial charge in [0.1, 0.15) is 0 Å². The molecule has 1 atom stereocenters. The van der Waals surface area contributed by atoms with Crippen molar-refractivity contribution in [2.24, 2.45) is 5.41 Å². The molecule has 0 aromatic heterocycles. The third-order valence-electron chi connectivity index (χ3n) is 2.29. The molecule has 0 nitrogen and oxygen atoms in total. The van der Waals surface area contributed by atoms with Crippen molar-refractivity contribution in [3.8, 4) is 0 Å². The first-order chi connectivity index (χ1) is 4.67. The molecule has 58 valence electrons. The zero-order chi connectivity index (χ0) is 7.61. The summed E-state index contributed by atoms with van der Waals surface area (Å²) in [5.41, 5.74) is 0.348. The largest absolute Gasteiger partial charge is 0.158 e. The van der Waals surface area contributed by atoms with Gasteiger partial charge in [-0.15, -0.1) is 6.58 Å². The Morgan fingerprint density at radius 1 is 1.60 bits per heavy atom. The molecule has 1 heterocycles. The van der Waals surface area contributed by atoms with Crippen molar-refractivity contribution in [2.75, 3.05) is 5.75 Å². The highest BCUT2D eigenvalue weighted by atomic mass is 32.2. The van der Waals surface area contributed by atoms with E-state index in [1.807, 2.05) is 0 Å². The van der Waals surface area contributed by atoms with Gasteiger partial charge in [-0.3, -0.25) is 0 Å². The van der Waals surface area contributed by atoms with Crippen molar-refractivity contribution >= 4 is 11.8 Å². The molecule has 1 aliphatic rings. The lowest BCUT2D eigenvalue weighted by Gasteiger charge is -2.26. The van der Waals surface area contributed by atoms with Gasteiger partial charge in [0, 0.05) is 5.25 Å². The average molecular weight is 156 g/mol. The highest BCUT2D eigenvalue weighted by molar-refractivity contribution is 8.00. The second kappa shape index (κ2) is 3.00. The van der Waals surface area contributed by atoms with Gasteiger partial charge in [-0.05, 0) is 24.0 Å². The van der Waals surface area contributed by atoms with Crippen LogP contribution in [0.5, 0.6) is 0 Å². The van der Waals surface area contributed by atoms with E-state index < -0.39 is 0 Å². The lowest BCUT2D eigenvalue weighted by molar-refractivity contribution is 0.447. The van der Waals surface area contributed by atoms with Crippen LogP contribution in [0.15, 0.2) is 12.7 Å². The van der Waals surface area contributed by atoms with Crippen LogP contribution in [0.25, 0.3) is 0 Å². The van der Waals surface area contributed by atoms with Gasteiger partial charge in [0.25, 0.3) is 0 Å². The Morgan fingerprint density at radius 2 is 2.30 bits per heavy atom. The molecule has 0 radical (unpaired) electrons. The van der Waals surface area contributed by atoms with E-state index in [0.29, 0.717) is 5.41 Å². The molecular formula is C9H16S. The monoisotopic (exact) mass is 156 g/mol. The highest BCUT2D eigenvalue weighted by Crippen LogP contribution is 2.39. The van der Waals surface area contributed by atoms with Crippen molar-refractivity contribution in [3.63, 3.8) is 0 Å². The summed E-state index contributed by atoms with van der Waals surface area (Å²) in [4.78, 5) is 0. The number of hydrogen-bond acceptors (Lipinski definition) is 1. The summed E-state index contributed by atoms with van der Waals surface area (Å²) in [6.07, 6.45) is 4.87. The zero-order valence-electron chi connectivity index (χ0n) is 6.89. The Kier molecular flexibility index (Phi) is 2.45. The van der Waals surface area contributed by atoms with Crippen LogP contribution in [0.3, 0.4) is 0 Å². The first-order valence-corrected chi connectivity index (χ1v) is 4.97. The van der Waals surface area contributed by atoms with E-state index >= 15 is 0 Å². The van der Waals surface area contributed by atoms with Crippen LogP contribution < -0.4 is 0 Å². The molecule has 1 saturated heterocycles. The topological polar surface area (TPSA) is 0 Å². The first-order valence-electron chi connectivity index (χ1n) is 3.92. The molecule has 0 aliphatic carbocycles. The molecule has 0 N–H and O–H groups in total. The van der Waals surface area contributed by atoms with Gasteiger partial charge in [-0.25, -0.2) is 0 Å². The number of thioether (sulfide) groups is 1.